The molecule has 0 N–H and O–H groups in total. The second kappa shape index (κ2) is 8.88. The molecule has 6 nitrogen and oxygen atoms in total. The van der Waals surface area contributed by atoms with E-state index in [2.05, 4.69) is 4.90 Å². The Morgan fingerprint density at radius 2 is 1.64 bits per heavy atom. The number of piperidine rings is 2. The smallest absolute Gasteiger partial charge is 0.410 e. The molecule has 2 heterocycles. The molecule has 0 aromatic carbocycles. The van der Waals surface area contributed by atoms with Crippen LogP contribution in [0.3, 0.4) is 0 Å². The highest BCUT2D eigenvalue weighted by Crippen LogP contribution is 2.19. The van der Waals surface area contributed by atoms with Crippen LogP contribution in [0.5, 0.6) is 0 Å². The minimum Gasteiger partial charge on any atom is -0.444 e. The zero-order valence-corrected chi connectivity index (χ0v) is 16.4. The summed E-state index contributed by atoms with van der Waals surface area (Å²) in [6.45, 7) is 10.2. The Hall–Kier alpha value is -1.30. The summed E-state index contributed by atoms with van der Waals surface area (Å²) >= 11 is 0. The standard InChI is InChI=1S/C19H35N3O3/c1-19(2,3)25-18(24)20(4)16-8-13-21(14-9-16)15-10-17(23)22-11-6-5-7-12-22/h16H,5-15H2,1-4H3. The molecule has 0 unspecified atom stereocenters. The molecule has 0 spiro atoms. The lowest BCUT2D eigenvalue weighted by Gasteiger charge is -2.37. The molecule has 2 fully saturated rings. The molecule has 2 aliphatic rings. The van der Waals surface area contributed by atoms with Gasteiger partial charge in [0.2, 0.25) is 5.91 Å². The van der Waals surface area contributed by atoms with Crippen molar-refractivity contribution in [3.05, 3.63) is 0 Å². The van der Waals surface area contributed by atoms with Crippen molar-refractivity contribution in [1.29, 1.82) is 0 Å². The lowest BCUT2D eigenvalue weighted by atomic mass is 10.0. The summed E-state index contributed by atoms with van der Waals surface area (Å²) in [5, 5.41) is 0. The van der Waals surface area contributed by atoms with E-state index in [-0.39, 0.29) is 12.1 Å². The highest BCUT2D eigenvalue weighted by atomic mass is 16.6. The molecule has 0 aliphatic carbocycles. The maximum absolute atomic E-state index is 12.3. The Bertz CT molecular complexity index is 447. The Labute approximate surface area is 152 Å². The topological polar surface area (TPSA) is 53.1 Å². The molecule has 2 saturated heterocycles. The third-order valence-corrected chi connectivity index (χ3v) is 5.14. The van der Waals surface area contributed by atoms with Gasteiger partial charge < -0.3 is 19.4 Å². The van der Waals surface area contributed by atoms with E-state index in [0.29, 0.717) is 12.3 Å². The van der Waals surface area contributed by atoms with Crippen molar-refractivity contribution < 1.29 is 14.3 Å². The molecule has 6 heteroatoms. The molecule has 2 amide bonds. The van der Waals surface area contributed by atoms with Crippen LogP contribution in [0.2, 0.25) is 0 Å². The SMILES string of the molecule is CN(C(=O)OC(C)(C)C)C1CCN(CCC(=O)N2CCCCC2)CC1. The number of likely N-dealkylation sites (tertiary alicyclic amines) is 2. The van der Waals surface area contributed by atoms with Gasteiger partial charge in [0.05, 0.1) is 0 Å². The zero-order chi connectivity index (χ0) is 18.4. The van der Waals surface area contributed by atoms with Crippen molar-refractivity contribution in [3.8, 4) is 0 Å². The first kappa shape index (κ1) is 20.0. The fourth-order valence-electron chi connectivity index (χ4n) is 3.57. The number of hydrogen-bond donors (Lipinski definition) is 0. The number of hydrogen-bond acceptors (Lipinski definition) is 4. The summed E-state index contributed by atoms with van der Waals surface area (Å²) in [6, 6.07) is 0.226. The third kappa shape index (κ3) is 6.49. The van der Waals surface area contributed by atoms with Crippen molar-refractivity contribution >= 4 is 12.0 Å². The van der Waals surface area contributed by atoms with Crippen LogP contribution in [0, 0.1) is 0 Å². The maximum atomic E-state index is 12.3. The van der Waals surface area contributed by atoms with Gasteiger partial charge in [0.1, 0.15) is 5.60 Å². The van der Waals surface area contributed by atoms with Crippen molar-refractivity contribution in [2.45, 2.75) is 70.9 Å². The van der Waals surface area contributed by atoms with E-state index in [1.54, 1.807) is 4.90 Å². The van der Waals surface area contributed by atoms with Crippen LogP contribution >= 0.6 is 0 Å². The van der Waals surface area contributed by atoms with Crippen LogP contribution in [-0.2, 0) is 9.53 Å². The van der Waals surface area contributed by atoms with Crippen molar-refractivity contribution in [3.63, 3.8) is 0 Å². The fraction of sp³-hybridized carbons (Fsp3) is 0.895. The van der Waals surface area contributed by atoms with E-state index in [9.17, 15) is 9.59 Å². The molecular weight excluding hydrogens is 318 g/mol. The van der Waals surface area contributed by atoms with Gasteiger partial charge in [-0.2, -0.15) is 0 Å². The number of rotatable bonds is 4. The predicted molar refractivity (Wildman–Crippen MR) is 98.5 cm³/mol. The zero-order valence-electron chi connectivity index (χ0n) is 16.4. The summed E-state index contributed by atoms with van der Waals surface area (Å²) in [6.07, 6.45) is 5.80. The molecule has 0 atom stereocenters. The van der Waals surface area contributed by atoms with Gasteiger partial charge in [-0.3, -0.25) is 4.79 Å². The first-order chi connectivity index (χ1) is 11.8. The van der Waals surface area contributed by atoms with Crippen LogP contribution in [0.25, 0.3) is 0 Å². The molecule has 2 rings (SSSR count). The Morgan fingerprint density at radius 3 is 2.20 bits per heavy atom. The van der Waals surface area contributed by atoms with Crippen LogP contribution < -0.4 is 0 Å². The van der Waals surface area contributed by atoms with Crippen LogP contribution in [0.15, 0.2) is 0 Å². The van der Waals surface area contributed by atoms with Gasteiger partial charge in [-0.15, -0.1) is 0 Å². The van der Waals surface area contributed by atoms with E-state index < -0.39 is 5.60 Å². The van der Waals surface area contributed by atoms with Crippen molar-refractivity contribution in [2.24, 2.45) is 0 Å². The van der Waals surface area contributed by atoms with E-state index in [0.717, 1.165) is 58.4 Å². The molecule has 25 heavy (non-hydrogen) atoms. The molecule has 144 valence electrons. The quantitative estimate of drug-likeness (QED) is 0.780. The number of amides is 2. The highest BCUT2D eigenvalue weighted by Gasteiger charge is 2.28. The number of nitrogens with zero attached hydrogens (tertiary/aromatic N) is 3. The number of ether oxygens (including phenoxy) is 1. The molecule has 0 radical (unpaired) electrons. The minimum absolute atomic E-state index is 0.226. The second-order valence-electron chi connectivity index (χ2n) is 8.36. The Balaban J connectivity index is 1.68. The van der Waals surface area contributed by atoms with Gasteiger partial charge in [0.25, 0.3) is 0 Å². The summed E-state index contributed by atoms with van der Waals surface area (Å²) in [4.78, 5) is 30.5. The number of carbonyl (C=O) groups excluding carboxylic acids is 2. The summed E-state index contributed by atoms with van der Waals surface area (Å²) < 4.78 is 5.45. The second-order valence-corrected chi connectivity index (χ2v) is 8.36. The summed E-state index contributed by atoms with van der Waals surface area (Å²) in [5.41, 5.74) is -0.457. The average molecular weight is 354 g/mol. The predicted octanol–water partition coefficient (Wildman–Crippen LogP) is 2.72. The normalized spacial score (nSPS) is 20.4. The van der Waals surface area contributed by atoms with Gasteiger partial charge in [-0.25, -0.2) is 4.79 Å². The average Bonchev–Trinajstić information content (AvgIpc) is 2.58. The van der Waals surface area contributed by atoms with E-state index >= 15 is 0 Å². The Kier molecular flexibility index (Phi) is 7.11. The first-order valence-corrected chi connectivity index (χ1v) is 9.72. The van der Waals surface area contributed by atoms with Crippen LogP contribution in [0.1, 0.15) is 59.3 Å². The van der Waals surface area contributed by atoms with Crippen molar-refractivity contribution in [2.75, 3.05) is 39.8 Å². The summed E-state index contributed by atoms with van der Waals surface area (Å²) in [7, 11) is 1.83. The molecule has 2 aliphatic heterocycles. The molecule has 0 aromatic heterocycles. The third-order valence-electron chi connectivity index (χ3n) is 5.14. The molecule has 0 aromatic rings. The van der Waals surface area contributed by atoms with Crippen molar-refractivity contribution in [1.82, 2.24) is 14.7 Å². The van der Waals surface area contributed by atoms with E-state index in [1.807, 2.05) is 32.7 Å². The molecule has 0 saturated carbocycles. The fourth-order valence-corrected chi connectivity index (χ4v) is 3.57. The molecular formula is C19H35N3O3. The Morgan fingerprint density at radius 1 is 1.04 bits per heavy atom. The highest BCUT2D eigenvalue weighted by molar-refractivity contribution is 5.76. The minimum atomic E-state index is -0.457. The maximum Gasteiger partial charge on any atom is 0.410 e. The lowest BCUT2D eigenvalue weighted by molar-refractivity contribution is -0.132. The number of carbonyl (C=O) groups is 2. The summed E-state index contributed by atoms with van der Waals surface area (Å²) in [5.74, 6) is 0.299. The first-order valence-electron chi connectivity index (χ1n) is 9.72. The lowest BCUT2D eigenvalue weighted by Crippen LogP contribution is -2.47. The van der Waals surface area contributed by atoms with Gasteiger partial charge >= 0.3 is 6.09 Å². The van der Waals surface area contributed by atoms with Gasteiger partial charge in [-0.1, -0.05) is 0 Å². The molecule has 0 bridgehead atoms. The van der Waals surface area contributed by atoms with Crippen LogP contribution in [0.4, 0.5) is 4.79 Å². The van der Waals surface area contributed by atoms with Crippen LogP contribution in [-0.4, -0.2) is 78.1 Å². The largest absolute Gasteiger partial charge is 0.444 e. The van der Waals surface area contributed by atoms with Gasteiger partial charge in [0.15, 0.2) is 0 Å². The van der Waals surface area contributed by atoms with Gasteiger partial charge in [-0.05, 0) is 52.9 Å². The van der Waals surface area contributed by atoms with E-state index in [1.165, 1.54) is 6.42 Å². The van der Waals surface area contributed by atoms with E-state index in [4.69, 9.17) is 4.74 Å². The van der Waals surface area contributed by atoms with Gasteiger partial charge in [0, 0.05) is 52.2 Å². The monoisotopic (exact) mass is 353 g/mol.